The summed E-state index contributed by atoms with van der Waals surface area (Å²) in [7, 11) is 1.69. The molecule has 122 valence electrons. The maximum absolute atomic E-state index is 14.0. The van der Waals surface area contributed by atoms with E-state index in [4.69, 9.17) is 4.74 Å². The zero-order valence-corrected chi connectivity index (χ0v) is 14.0. The number of nitrogens with zero attached hydrogens (tertiary/aromatic N) is 3. The predicted molar refractivity (Wildman–Crippen MR) is 88.9 cm³/mol. The van der Waals surface area contributed by atoms with Gasteiger partial charge in [0.1, 0.15) is 0 Å². The number of hydrogen-bond acceptors (Lipinski definition) is 5. The van der Waals surface area contributed by atoms with E-state index in [2.05, 4.69) is 36.2 Å². The van der Waals surface area contributed by atoms with Crippen LogP contribution in [0.15, 0.2) is 47.2 Å². The van der Waals surface area contributed by atoms with Crippen LogP contribution in [0.2, 0.25) is 0 Å². The first kappa shape index (κ1) is 16.3. The fourth-order valence-electron chi connectivity index (χ4n) is 1.99. The first-order chi connectivity index (χ1) is 11.6. The summed E-state index contributed by atoms with van der Waals surface area (Å²) in [5.74, 6) is -1.86. The second-order valence-electron chi connectivity index (χ2n) is 4.65. The molecule has 8 heteroatoms. The first-order valence-electron chi connectivity index (χ1n) is 6.87. The first-order valence-corrected chi connectivity index (χ1v) is 7.67. The third-order valence-corrected chi connectivity index (χ3v) is 3.75. The number of pyridine rings is 1. The summed E-state index contributed by atoms with van der Waals surface area (Å²) in [5, 5.41) is 2.83. The Bertz CT molecular complexity index is 892. The van der Waals surface area contributed by atoms with Crippen LogP contribution in [0.1, 0.15) is 0 Å². The van der Waals surface area contributed by atoms with Crippen LogP contribution in [0.3, 0.4) is 0 Å². The van der Waals surface area contributed by atoms with Gasteiger partial charge in [-0.3, -0.25) is 0 Å². The highest BCUT2D eigenvalue weighted by molar-refractivity contribution is 9.10. The number of ether oxygens (including phenoxy) is 1. The molecule has 24 heavy (non-hydrogen) atoms. The molecular weight excluding hydrogens is 382 g/mol. The van der Waals surface area contributed by atoms with Gasteiger partial charge in [-0.25, -0.2) is 19.3 Å². The van der Waals surface area contributed by atoms with Crippen molar-refractivity contribution >= 4 is 21.9 Å². The zero-order valence-electron chi connectivity index (χ0n) is 12.4. The Balaban J connectivity index is 2.03. The second kappa shape index (κ2) is 6.88. The normalized spacial score (nSPS) is 10.5. The van der Waals surface area contributed by atoms with Crippen molar-refractivity contribution in [2.75, 3.05) is 12.4 Å². The molecule has 0 unspecified atom stereocenters. The van der Waals surface area contributed by atoms with E-state index in [9.17, 15) is 8.78 Å². The lowest BCUT2D eigenvalue weighted by atomic mass is 10.2. The second-order valence-corrected chi connectivity index (χ2v) is 5.50. The summed E-state index contributed by atoms with van der Waals surface area (Å²) in [6.45, 7) is 0. The van der Waals surface area contributed by atoms with Crippen LogP contribution in [0.25, 0.3) is 11.3 Å². The number of hydrogen-bond donors (Lipinski definition) is 1. The molecule has 0 aliphatic carbocycles. The molecule has 0 spiro atoms. The molecular formula is C16H11BrF2N4O. The summed E-state index contributed by atoms with van der Waals surface area (Å²) in [4.78, 5) is 12.4. The lowest BCUT2D eigenvalue weighted by Gasteiger charge is -2.11. The Morgan fingerprint density at radius 3 is 2.67 bits per heavy atom. The molecule has 0 fully saturated rings. The molecule has 2 heterocycles. The van der Waals surface area contributed by atoms with Crippen LogP contribution in [-0.4, -0.2) is 22.0 Å². The zero-order chi connectivity index (χ0) is 17.1. The van der Waals surface area contributed by atoms with Gasteiger partial charge in [-0.1, -0.05) is 0 Å². The quantitative estimate of drug-likeness (QED) is 0.666. The molecule has 0 bridgehead atoms. The maximum atomic E-state index is 14.0. The standard InChI is InChI=1S/C16H11BrF2N4O/c1-20-16-22-8-6-11(23-16)9-3-2-7-21-15(9)24-12-5-4-10(17)13(18)14(12)19/h2-8H,1H3,(H,20,22,23). The van der Waals surface area contributed by atoms with Crippen molar-refractivity contribution in [1.82, 2.24) is 15.0 Å². The Labute approximate surface area is 144 Å². The number of benzene rings is 1. The molecule has 0 aliphatic heterocycles. The maximum Gasteiger partial charge on any atom is 0.228 e. The van der Waals surface area contributed by atoms with E-state index in [1.807, 2.05) is 0 Å². The van der Waals surface area contributed by atoms with Gasteiger partial charge in [0.15, 0.2) is 11.6 Å². The summed E-state index contributed by atoms with van der Waals surface area (Å²) in [6, 6.07) is 7.77. The third-order valence-electron chi connectivity index (χ3n) is 3.13. The highest BCUT2D eigenvalue weighted by Gasteiger charge is 2.17. The van der Waals surface area contributed by atoms with E-state index in [-0.39, 0.29) is 16.1 Å². The van der Waals surface area contributed by atoms with Crippen molar-refractivity contribution in [3.05, 3.63) is 58.8 Å². The van der Waals surface area contributed by atoms with E-state index in [0.29, 0.717) is 17.2 Å². The van der Waals surface area contributed by atoms with Gasteiger partial charge in [-0.15, -0.1) is 0 Å². The number of aromatic nitrogens is 3. The molecule has 0 amide bonds. The fourth-order valence-corrected chi connectivity index (χ4v) is 2.29. The van der Waals surface area contributed by atoms with Gasteiger partial charge >= 0.3 is 0 Å². The number of nitrogens with one attached hydrogen (secondary N) is 1. The summed E-state index contributed by atoms with van der Waals surface area (Å²) in [5.41, 5.74) is 1.06. The largest absolute Gasteiger partial charge is 0.435 e. The van der Waals surface area contributed by atoms with Gasteiger partial charge in [-0.2, -0.15) is 4.39 Å². The average molecular weight is 393 g/mol. The third kappa shape index (κ3) is 3.18. The smallest absolute Gasteiger partial charge is 0.228 e. The molecule has 0 atom stereocenters. The average Bonchev–Trinajstić information content (AvgIpc) is 2.62. The molecule has 1 aromatic carbocycles. The summed E-state index contributed by atoms with van der Waals surface area (Å²) >= 11 is 2.92. The molecule has 3 rings (SSSR count). The minimum absolute atomic E-state index is 0.0167. The fraction of sp³-hybridized carbons (Fsp3) is 0.0625. The van der Waals surface area contributed by atoms with Crippen molar-refractivity contribution in [3.63, 3.8) is 0 Å². The Kier molecular flexibility index (Phi) is 4.66. The van der Waals surface area contributed by atoms with Crippen LogP contribution >= 0.6 is 15.9 Å². The van der Waals surface area contributed by atoms with Gasteiger partial charge in [-0.05, 0) is 46.3 Å². The molecule has 3 aromatic rings. The highest BCUT2D eigenvalue weighted by Crippen LogP contribution is 2.33. The van der Waals surface area contributed by atoms with Crippen molar-refractivity contribution in [2.45, 2.75) is 0 Å². The van der Waals surface area contributed by atoms with Crippen molar-refractivity contribution in [3.8, 4) is 22.9 Å². The SMILES string of the molecule is CNc1nccc(-c2cccnc2Oc2ccc(Br)c(F)c2F)n1. The highest BCUT2D eigenvalue weighted by atomic mass is 79.9. The minimum atomic E-state index is -1.10. The monoisotopic (exact) mass is 392 g/mol. The van der Waals surface area contributed by atoms with E-state index in [0.717, 1.165) is 0 Å². The van der Waals surface area contributed by atoms with Crippen molar-refractivity contribution in [1.29, 1.82) is 0 Å². The summed E-state index contributed by atoms with van der Waals surface area (Å²) in [6.07, 6.45) is 3.07. The number of rotatable bonds is 4. The number of halogens is 3. The predicted octanol–water partition coefficient (Wildman–Crippen LogP) is 4.41. The molecule has 2 aromatic heterocycles. The van der Waals surface area contributed by atoms with Gasteiger partial charge in [0, 0.05) is 19.4 Å². The van der Waals surface area contributed by atoms with Crippen LogP contribution in [-0.2, 0) is 0 Å². The lowest BCUT2D eigenvalue weighted by molar-refractivity contribution is 0.405. The van der Waals surface area contributed by atoms with Gasteiger partial charge in [0.2, 0.25) is 17.6 Å². The molecule has 0 aliphatic rings. The van der Waals surface area contributed by atoms with E-state index >= 15 is 0 Å². The molecule has 1 N–H and O–H groups in total. The Hall–Kier alpha value is -2.61. The van der Waals surface area contributed by atoms with E-state index in [1.165, 1.54) is 18.3 Å². The Morgan fingerprint density at radius 1 is 1.04 bits per heavy atom. The molecule has 5 nitrogen and oxygen atoms in total. The minimum Gasteiger partial charge on any atom is -0.435 e. The molecule has 0 radical (unpaired) electrons. The molecule has 0 saturated carbocycles. The number of anilines is 1. The van der Waals surface area contributed by atoms with E-state index < -0.39 is 11.6 Å². The van der Waals surface area contributed by atoms with Crippen LogP contribution < -0.4 is 10.1 Å². The van der Waals surface area contributed by atoms with Crippen LogP contribution in [0.5, 0.6) is 11.6 Å². The van der Waals surface area contributed by atoms with Crippen LogP contribution in [0, 0.1) is 11.6 Å². The van der Waals surface area contributed by atoms with Gasteiger partial charge in [0.25, 0.3) is 0 Å². The lowest BCUT2D eigenvalue weighted by Crippen LogP contribution is -1.99. The molecule has 0 saturated heterocycles. The summed E-state index contributed by atoms with van der Waals surface area (Å²) < 4.78 is 33.2. The van der Waals surface area contributed by atoms with Crippen molar-refractivity contribution < 1.29 is 13.5 Å². The van der Waals surface area contributed by atoms with Gasteiger partial charge in [0.05, 0.1) is 15.7 Å². The van der Waals surface area contributed by atoms with Crippen molar-refractivity contribution in [2.24, 2.45) is 0 Å². The van der Waals surface area contributed by atoms with Gasteiger partial charge < -0.3 is 10.1 Å². The van der Waals surface area contributed by atoms with Crippen LogP contribution in [0.4, 0.5) is 14.7 Å². The topological polar surface area (TPSA) is 59.9 Å². The Morgan fingerprint density at radius 2 is 1.88 bits per heavy atom. The van der Waals surface area contributed by atoms with E-state index in [1.54, 1.807) is 31.4 Å².